The minimum Gasteiger partial charge on any atom is -0.303 e. The van der Waals surface area contributed by atoms with E-state index in [4.69, 9.17) is 23.2 Å². The zero-order valence-corrected chi connectivity index (χ0v) is 7.56. The molecule has 1 aliphatic carbocycles. The Kier molecular flexibility index (Phi) is 2.40. The molecule has 2 unspecified atom stereocenters. The first-order valence-electron chi connectivity index (χ1n) is 3.27. The third-order valence-electron chi connectivity index (χ3n) is 1.80. The van der Waals surface area contributed by atoms with Crippen molar-refractivity contribution in [2.24, 2.45) is 5.92 Å². The number of alkyl halides is 1. The monoisotopic (exact) mass is 190 g/mol. The molecular formula is C8H8Cl2O. The molecular weight excluding hydrogens is 183 g/mol. The van der Waals surface area contributed by atoms with Gasteiger partial charge in [0.05, 0.1) is 10.8 Å². The van der Waals surface area contributed by atoms with Crippen molar-refractivity contribution in [3.8, 4) is 0 Å². The van der Waals surface area contributed by atoms with Gasteiger partial charge in [-0.15, -0.1) is 11.6 Å². The number of aldehydes is 1. The van der Waals surface area contributed by atoms with E-state index >= 15 is 0 Å². The molecule has 0 aromatic carbocycles. The summed E-state index contributed by atoms with van der Waals surface area (Å²) in [6.45, 7) is 1.73. The minimum absolute atomic E-state index is 0.318. The Labute approximate surface area is 75.7 Å². The van der Waals surface area contributed by atoms with Gasteiger partial charge < -0.3 is 4.79 Å². The van der Waals surface area contributed by atoms with E-state index in [1.807, 2.05) is 0 Å². The second-order valence-corrected chi connectivity index (χ2v) is 3.83. The van der Waals surface area contributed by atoms with E-state index in [2.05, 4.69) is 0 Å². The van der Waals surface area contributed by atoms with Crippen LogP contribution in [0.3, 0.4) is 0 Å². The van der Waals surface area contributed by atoms with Crippen molar-refractivity contribution < 1.29 is 4.79 Å². The first kappa shape index (κ1) is 8.82. The summed E-state index contributed by atoms with van der Waals surface area (Å²) in [5.41, 5.74) is 0. The lowest BCUT2D eigenvalue weighted by molar-refractivity contribution is -0.110. The maximum atomic E-state index is 10.5. The van der Waals surface area contributed by atoms with Crippen molar-refractivity contribution in [2.45, 2.75) is 11.8 Å². The number of carbonyl (C=O) groups excluding carboxylic acids is 1. The van der Waals surface area contributed by atoms with Crippen molar-refractivity contribution in [1.82, 2.24) is 0 Å². The van der Waals surface area contributed by atoms with Crippen LogP contribution in [0.1, 0.15) is 6.92 Å². The minimum atomic E-state index is -0.752. The van der Waals surface area contributed by atoms with Crippen LogP contribution in [-0.2, 0) is 4.79 Å². The highest BCUT2D eigenvalue weighted by Crippen LogP contribution is 2.37. The molecule has 2 atom stereocenters. The highest BCUT2D eigenvalue weighted by atomic mass is 35.5. The summed E-state index contributed by atoms with van der Waals surface area (Å²) in [4.78, 5) is 9.75. The lowest BCUT2D eigenvalue weighted by Gasteiger charge is -2.27. The largest absolute Gasteiger partial charge is 0.303 e. The van der Waals surface area contributed by atoms with Gasteiger partial charge in [0.2, 0.25) is 0 Å². The topological polar surface area (TPSA) is 17.1 Å². The van der Waals surface area contributed by atoms with Crippen LogP contribution in [0.25, 0.3) is 0 Å². The van der Waals surface area contributed by atoms with Gasteiger partial charge in [0.15, 0.2) is 0 Å². The van der Waals surface area contributed by atoms with Gasteiger partial charge in [0.1, 0.15) is 6.29 Å². The molecule has 0 saturated carbocycles. The van der Waals surface area contributed by atoms with Crippen molar-refractivity contribution in [1.29, 1.82) is 0 Å². The van der Waals surface area contributed by atoms with E-state index < -0.39 is 4.87 Å². The first-order chi connectivity index (χ1) is 5.09. The van der Waals surface area contributed by atoms with Gasteiger partial charge in [-0.25, -0.2) is 0 Å². The highest BCUT2D eigenvalue weighted by molar-refractivity contribution is 6.40. The van der Waals surface area contributed by atoms with Gasteiger partial charge in [-0.3, -0.25) is 0 Å². The van der Waals surface area contributed by atoms with E-state index in [0.717, 1.165) is 6.29 Å². The second-order valence-electron chi connectivity index (χ2n) is 2.64. The molecule has 0 fully saturated rings. The maximum absolute atomic E-state index is 10.5. The van der Waals surface area contributed by atoms with Gasteiger partial charge in [-0.2, -0.15) is 0 Å². The van der Waals surface area contributed by atoms with Crippen LogP contribution in [0.4, 0.5) is 0 Å². The standard InChI is InChI=1S/C8H8Cl2O/c1-8(10)6(5-11)3-2-4-7(8)9/h2-6H,1H3. The normalized spacial score (nSPS) is 36.6. The molecule has 3 heteroatoms. The van der Waals surface area contributed by atoms with Crippen LogP contribution in [0.5, 0.6) is 0 Å². The summed E-state index contributed by atoms with van der Waals surface area (Å²) >= 11 is 11.8. The number of rotatable bonds is 1. The maximum Gasteiger partial charge on any atom is 0.128 e. The SMILES string of the molecule is CC1(Cl)C(Cl)=CC=CC1C=O. The van der Waals surface area contributed by atoms with Crippen molar-refractivity contribution in [3.05, 3.63) is 23.3 Å². The molecule has 11 heavy (non-hydrogen) atoms. The summed E-state index contributed by atoms with van der Waals surface area (Å²) in [5, 5.41) is 0.513. The molecule has 0 aromatic rings. The zero-order chi connectivity index (χ0) is 8.48. The molecule has 60 valence electrons. The van der Waals surface area contributed by atoms with Crippen LogP contribution in [-0.4, -0.2) is 11.2 Å². The Morgan fingerprint density at radius 3 is 2.82 bits per heavy atom. The highest BCUT2D eigenvalue weighted by Gasteiger charge is 2.34. The predicted molar refractivity (Wildman–Crippen MR) is 46.9 cm³/mol. The van der Waals surface area contributed by atoms with E-state index in [9.17, 15) is 4.79 Å². The number of halogens is 2. The summed E-state index contributed by atoms with van der Waals surface area (Å²) in [6, 6.07) is 0. The quantitative estimate of drug-likeness (QED) is 0.459. The third-order valence-corrected chi connectivity index (χ3v) is 2.87. The number of allylic oxidation sites excluding steroid dienone is 4. The van der Waals surface area contributed by atoms with Crippen LogP contribution < -0.4 is 0 Å². The molecule has 0 heterocycles. The summed E-state index contributed by atoms with van der Waals surface area (Å²) < 4.78 is 0. The smallest absolute Gasteiger partial charge is 0.128 e. The zero-order valence-electron chi connectivity index (χ0n) is 6.05. The Morgan fingerprint density at radius 1 is 1.73 bits per heavy atom. The summed E-state index contributed by atoms with van der Waals surface area (Å²) in [5.74, 6) is -0.318. The van der Waals surface area contributed by atoms with Gasteiger partial charge in [-0.1, -0.05) is 23.8 Å². The van der Waals surface area contributed by atoms with E-state index in [1.165, 1.54) is 0 Å². The lowest BCUT2D eigenvalue weighted by atomic mass is 9.90. The summed E-state index contributed by atoms with van der Waals surface area (Å²) in [7, 11) is 0. The van der Waals surface area contributed by atoms with Crippen molar-refractivity contribution >= 4 is 29.5 Å². The molecule has 0 aromatic heterocycles. The van der Waals surface area contributed by atoms with Crippen LogP contribution in [0.15, 0.2) is 23.3 Å². The number of hydrogen-bond acceptors (Lipinski definition) is 1. The molecule has 0 aliphatic heterocycles. The van der Waals surface area contributed by atoms with E-state index in [-0.39, 0.29) is 5.92 Å². The summed E-state index contributed by atoms with van der Waals surface area (Å²) in [6.07, 6.45) is 5.99. The average molecular weight is 191 g/mol. The molecule has 0 radical (unpaired) electrons. The van der Waals surface area contributed by atoms with Gasteiger partial charge in [0.25, 0.3) is 0 Å². The number of carbonyl (C=O) groups is 1. The molecule has 0 saturated heterocycles. The number of hydrogen-bond donors (Lipinski definition) is 0. The molecule has 1 aliphatic rings. The van der Waals surface area contributed by atoms with E-state index in [0.29, 0.717) is 5.03 Å². The second kappa shape index (κ2) is 3.00. The van der Waals surface area contributed by atoms with Crippen molar-refractivity contribution in [2.75, 3.05) is 0 Å². The molecule has 1 rings (SSSR count). The van der Waals surface area contributed by atoms with E-state index in [1.54, 1.807) is 25.2 Å². The van der Waals surface area contributed by atoms with Gasteiger partial charge >= 0.3 is 0 Å². The average Bonchev–Trinajstić information content (AvgIpc) is 1.95. The Bertz CT molecular complexity index is 228. The first-order valence-corrected chi connectivity index (χ1v) is 4.03. The van der Waals surface area contributed by atoms with Crippen LogP contribution in [0.2, 0.25) is 0 Å². The fourth-order valence-corrected chi connectivity index (χ4v) is 1.32. The van der Waals surface area contributed by atoms with Gasteiger partial charge in [-0.05, 0) is 13.0 Å². The Balaban J connectivity index is 2.97. The Morgan fingerprint density at radius 2 is 2.36 bits per heavy atom. The Hall–Kier alpha value is -0.270. The van der Waals surface area contributed by atoms with Crippen LogP contribution in [0, 0.1) is 5.92 Å². The lowest BCUT2D eigenvalue weighted by Crippen LogP contribution is -2.30. The third kappa shape index (κ3) is 1.49. The molecule has 0 N–H and O–H groups in total. The molecule has 0 amide bonds. The fourth-order valence-electron chi connectivity index (χ4n) is 0.936. The van der Waals surface area contributed by atoms with Crippen molar-refractivity contribution in [3.63, 3.8) is 0 Å². The predicted octanol–water partition coefficient (Wildman–Crippen LogP) is 2.49. The fraction of sp³-hybridized carbons (Fsp3) is 0.375. The molecule has 0 bridgehead atoms. The molecule has 1 nitrogen and oxygen atoms in total. The van der Waals surface area contributed by atoms with Gasteiger partial charge in [0, 0.05) is 5.03 Å². The van der Waals surface area contributed by atoms with Crippen LogP contribution >= 0.6 is 23.2 Å². The molecule has 0 spiro atoms.